The first-order chi connectivity index (χ1) is 9.38. The van der Waals surface area contributed by atoms with Crippen LogP contribution < -0.4 is 4.72 Å². The van der Waals surface area contributed by atoms with Gasteiger partial charge in [-0.05, 0) is 25.0 Å². The van der Waals surface area contributed by atoms with Gasteiger partial charge in [-0.15, -0.1) is 0 Å². The average molecular weight is 370 g/mol. The molecule has 1 aromatic rings. The second kappa shape index (κ2) is 6.05. The maximum absolute atomic E-state index is 13.6. The van der Waals surface area contributed by atoms with Gasteiger partial charge >= 0.3 is 0 Å². The molecule has 0 amide bonds. The van der Waals surface area contributed by atoms with E-state index in [9.17, 15) is 17.2 Å². The van der Waals surface area contributed by atoms with E-state index in [-0.39, 0.29) is 0 Å². The van der Waals surface area contributed by atoms with E-state index < -0.39 is 32.1 Å². The Morgan fingerprint density at radius 1 is 1.30 bits per heavy atom. The molecular formula is C12H14BrF2NO3S. The number of alkyl halides is 1. The Hall–Kier alpha value is -0.570. The monoisotopic (exact) mass is 369 g/mol. The second-order valence-corrected chi connectivity index (χ2v) is 6.92. The summed E-state index contributed by atoms with van der Waals surface area (Å²) in [5.74, 6) is -1.92. The number of rotatable bonds is 4. The van der Waals surface area contributed by atoms with Crippen LogP contribution in [0.5, 0.6) is 0 Å². The molecule has 1 aromatic carbocycles. The van der Waals surface area contributed by atoms with Crippen molar-refractivity contribution in [2.24, 2.45) is 0 Å². The van der Waals surface area contributed by atoms with E-state index in [1.807, 2.05) is 0 Å². The van der Waals surface area contributed by atoms with Crippen LogP contribution in [0, 0.1) is 11.6 Å². The van der Waals surface area contributed by atoms with Crippen molar-refractivity contribution in [3.63, 3.8) is 0 Å². The Morgan fingerprint density at radius 2 is 1.95 bits per heavy atom. The van der Waals surface area contributed by atoms with E-state index >= 15 is 0 Å². The summed E-state index contributed by atoms with van der Waals surface area (Å²) in [6, 6.07) is 2.40. The number of benzene rings is 1. The lowest BCUT2D eigenvalue weighted by Crippen LogP contribution is -2.53. The summed E-state index contributed by atoms with van der Waals surface area (Å²) in [4.78, 5) is -0.550. The van der Waals surface area contributed by atoms with E-state index in [0.717, 1.165) is 12.1 Å². The summed E-state index contributed by atoms with van der Waals surface area (Å²) in [6.07, 6.45) is 0.973. The minimum atomic E-state index is -4.06. The molecule has 0 bridgehead atoms. The van der Waals surface area contributed by atoms with Crippen LogP contribution in [0.1, 0.15) is 12.8 Å². The second-order valence-electron chi connectivity index (χ2n) is 4.71. The van der Waals surface area contributed by atoms with Gasteiger partial charge in [-0.25, -0.2) is 21.9 Å². The molecule has 0 unspecified atom stereocenters. The molecule has 0 aromatic heterocycles. The molecule has 1 fully saturated rings. The van der Waals surface area contributed by atoms with Crippen molar-refractivity contribution >= 4 is 26.0 Å². The summed E-state index contributed by atoms with van der Waals surface area (Å²) < 4.78 is 58.7. The molecule has 0 radical (unpaired) electrons. The maximum Gasteiger partial charge on any atom is 0.244 e. The summed E-state index contributed by atoms with van der Waals surface area (Å²) in [7, 11) is -4.06. The van der Waals surface area contributed by atoms with Gasteiger partial charge in [-0.3, -0.25) is 0 Å². The standard InChI is InChI=1S/C12H14BrF2NO3S/c13-8-12(3-5-19-6-4-12)16-20(17,18)11-2-1-9(14)7-10(11)15/h1-2,7,16H,3-6,8H2. The largest absolute Gasteiger partial charge is 0.381 e. The Kier molecular flexibility index (Phi) is 4.78. The number of hydrogen-bond donors (Lipinski definition) is 1. The van der Waals surface area contributed by atoms with Gasteiger partial charge in [0.15, 0.2) is 0 Å². The zero-order chi connectivity index (χ0) is 14.8. The summed E-state index contributed by atoms with van der Waals surface area (Å²) in [5.41, 5.74) is -0.710. The fraction of sp³-hybridized carbons (Fsp3) is 0.500. The van der Waals surface area contributed by atoms with Crippen LogP contribution >= 0.6 is 15.9 Å². The molecule has 0 spiro atoms. The van der Waals surface area contributed by atoms with Crippen molar-refractivity contribution in [2.45, 2.75) is 23.3 Å². The van der Waals surface area contributed by atoms with E-state index in [4.69, 9.17) is 4.74 Å². The van der Waals surface area contributed by atoms with Crippen LogP contribution in [-0.2, 0) is 14.8 Å². The third-order valence-electron chi connectivity index (χ3n) is 3.24. The number of hydrogen-bond acceptors (Lipinski definition) is 3. The van der Waals surface area contributed by atoms with Crippen LogP contribution in [0.2, 0.25) is 0 Å². The Morgan fingerprint density at radius 3 is 2.50 bits per heavy atom. The van der Waals surface area contributed by atoms with Crippen LogP contribution in [0.25, 0.3) is 0 Å². The first kappa shape index (κ1) is 15.8. The van der Waals surface area contributed by atoms with E-state index in [1.165, 1.54) is 0 Å². The fourth-order valence-electron chi connectivity index (χ4n) is 2.06. The SMILES string of the molecule is O=S(=O)(NC1(CBr)CCOCC1)c1ccc(F)cc1F. The summed E-state index contributed by atoms with van der Waals surface area (Å²) in [5, 5.41) is 0.394. The van der Waals surface area contributed by atoms with Crippen LogP contribution in [0.15, 0.2) is 23.1 Å². The molecule has 8 heteroatoms. The van der Waals surface area contributed by atoms with Crippen molar-refractivity contribution in [2.75, 3.05) is 18.5 Å². The molecule has 1 heterocycles. The molecule has 1 aliphatic heterocycles. The molecular weight excluding hydrogens is 356 g/mol. The maximum atomic E-state index is 13.6. The number of nitrogens with one attached hydrogen (secondary N) is 1. The van der Waals surface area contributed by atoms with Crippen molar-refractivity contribution in [3.8, 4) is 0 Å². The third-order valence-corrected chi connectivity index (χ3v) is 5.93. The number of ether oxygens (including phenoxy) is 1. The minimum Gasteiger partial charge on any atom is -0.381 e. The first-order valence-corrected chi connectivity index (χ1v) is 8.62. The fourth-order valence-corrected chi connectivity index (χ4v) is 4.46. The van der Waals surface area contributed by atoms with E-state index in [0.29, 0.717) is 37.5 Å². The molecule has 0 aliphatic carbocycles. The van der Waals surface area contributed by atoms with Gasteiger partial charge in [0.2, 0.25) is 10.0 Å². The lowest BCUT2D eigenvalue weighted by atomic mass is 9.94. The topological polar surface area (TPSA) is 55.4 Å². The highest BCUT2D eigenvalue weighted by atomic mass is 79.9. The Balaban J connectivity index is 2.30. The van der Waals surface area contributed by atoms with Crippen molar-refractivity contribution in [1.29, 1.82) is 0 Å². The summed E-state index contributed by atoms with van der Waals surface area (Å²) in [6.45, 7) is 0.861. The molecule has 112 valence electrons. The van der Waals surface area contributed by atoms with Crippen LogP contribution in [0.4, 0.5) is 8.78 Å². The molecule has 1 N–H and O–H groups in total. The van der Waals surface area contributed by atoms with Crippen molar-refractivity contribution < 1.29 is 21.9 Å². The zero-order valence-corrected chi connectivity index (χ0v) is 12.9. The molecule has 20 heavy (non-hydrogen) atoms. The van der Waals surface area contributed by atoms with Crippen molar-refractivity contribution in [1.82, 2.24) is 4.72 Å². The first-order valence-electron chi connectivity index (χ1n) is 6.01. The van der Waals surface area contributed by atoms with Gasteiger partial charge in [-0.1, -0.05) is 15.9 Å². The smallest absolute Gasteiger partial charge is 0.244 e. The van der Waals surface area contributed by atoms with Crippen LogP contribution in [0.3, 0.4) is 0 Å². The average Bonchev–Trinajstić information content (AvgIpc) is 2.38. The molecule has 4 nitrogen and oxygen atoms in total. The Bertz CT molecular complexity index is 588. The lowest BCUT2D eigenvalue weighted by molar-refractivity contribution is 0.0557. The van der Waals surface area contributed by atoms with Gasteiger partial charge in [-0.2, -0.15) is 0 Å². The summed E-state index contributed by atoms with van der Waals surface area (Å²) >= 11 is 3.29. The van der Waals surface area contributed by atoms with Gasteiger partial charge in [0.05, 0.1) is 0 Å². The molecule has 0 atom stereocenters. The zero-order valence-electron chi connectivity index (χ0n) is 10.5. The molecule has 0 saturated carbocycles. The lowest BCUT2D eigenvalue weighted by Gasteiger charge is -2.36. The van der Waals surface area contributed by atoms with Gasteiger partial charge in [0.25, 0.3) is 0 Å². The highest BCUT2D eigenvalue weighted by Gasteiger charge is 2.37. The highest BCUT2D eigenvalue weighted by molar-refractivity contribution is 9.09. The number of halogens is 3. The Labute approximate surface area is 124 Å². The molecule has 1 saturated heterocycles. The molecule has 1 aliphatic rings. The van der Waals surface area contributed by atoms with Gasteiger partial charge in [0.1, 0.15) is 16.5 Å². The third kappa shape index (κ3) is 3.36. The minimum absolute atomic E-state index is 0.394. The quantitative estimate of drug-likeness (QED) is 0.827. The highest BCUT2D eigenvalue weighted by Crippen LogP contribution is 2.26. The van der Waals surface area contributed by atoms with Crippen LogP contribution in [-0.4, -0.2) is 32.5 Å². The van der Waals surface area contributed by atoms with E-state index in [2.05, 4.69) is 20.7 Å². The number of sulfonamides is 1. The van der Waals surface area contributed by atoms with Gasteiger partial charge < -0.3 is 4.74 Å². The predicted octanol–water partition coefficient (Wildman–Crippen LogP) is 2.19. The van der Waals surface area contributed by atoms with Gasteiger partial charge in [0, 0.05) is 30.1 Å². The van der Waals surface area contributed by atoms with Crippen molar-refractivity contribution in [3.05, 3.63) is 29.8 Å². The predicted molar refractivity (Wildman–Crippen MR) is 73.3 cm³/mol. The molecule has 2 rings (SSSR count). The van der Waals surface area contributed by atoms with E-state index in [1.54, 1.807) is 0 Å². The normalized spacial score (nSPS) is 18.9.